The van der Waals surface area contributed by atoms with Gasteiger partial charge in [0.25, 0.3) is 5.91 Å². The van der Waals surface area contributed by atoms with Gasteiger partial charge in [-0.25, -0.2) is 4.98 Å². The van der Waals surface area contributed by atoms with Gasteiger partial charge >= 0.3 is 0 Å². The summed E-state index contributed by atoms with van der Waals surface area (Å²) in [4.78, 5) is 30.9. The highest BCUT2D eigenvalue weighted by Crippen LogP contribution is 2.21. The van der Waals surface area contributed by atoms with Crippen molar-refractivity contribution in [2.24, 2.45) is 0 Å². The summed E-state index contributed by atoms with van der Waals surface area (Å²) in [6.45, 7) is 6.84. The van der Waals surface area contributed by atoms with E-state index in [1.54, 1.807) is 6.07 Å². The molecule has 1 aromatic heterocycles. The highest BCUT2D eigenvalue weighted by Gasteiger charge is 2.16. The zero-order chi connectivity index (χ0) is 18.5. The molecule has 8 heteroatoms. The number of amides is 2. The van der Waals surface area contributed by atoms with Crippen LogP contribution >= 0.6 is 11.3 Å². The largest absolute Gasteiger partial charge is 0.378 e. The predicted octanol–water partition coefficient (Wildman–Crippen LogP) is 1.60. The number of carbonyl (C=O) groups excluding carboxylic acids is 2. The third kappa shape index (κ3) is 4.59. The molecule has 138 valence electrons. The second-order valence-corrected chi connectivity index (χ2v) is 7.05. The Bertz CT molecular complexity index is 799. The van der Waals surface area contributed by atoms with Crippen molar-refractivity contribution in [3.8, 4) is 0 Å². The fourth-order valence-corrected chi connectivity index (χ4v) is 3.63. The molecule has 0 saturated carbocycles. The maximum atomic E-state index is 12.2. The van der Waals surface area contributed by atoms with Crippen LogP contribution in [0.15, 0.2) is 23.6 Å². The zero-order valence-corrected chi connectivity index (χ0v) is 15.7. The molecular formula is C18H22N4O3S. The SMILES string of the molecule is Cc1ccc(C(=O)NNC(=O)Cc2csc(N3CCOCC3)n2)c(C)c1. The Balaban J connectivity index is 1.51. The van der Waals surface area contributed by atoms with Crippen LogP contribution in [0.3, 0.4) is 0 Å². The average Bonchev–Trinajstić information content (AvgIpc) is 3.09. The standard InChI is InChI=1S/C18H22N4O3S/c1-12-3-4-15(13(2)9-12)17(24)21-20-16(23)10-14-11-26-18(19-14)22-5-7-25-8-6-22/h3-4,9,11H,5-8,10H2,1-2H3,(H,20,23)(H,21,24). The van der Waals surface area contributed by atoms with E-state index in [0.717, 1.165) is 29.3 Å². The van der Waals surface area contributed by atoms with Crippen LogP contribution in [0.4, 0.5) is 5.13 Å². The molecule has 1 aliphatic rings. The molecule has 7 nitrogen and oxygen atoms in total. The number of benzene rings is 1. The number of hydrogen-bond acceptors (Lipinski definition) is 6. The van der Waals surface area contributed by atoms with Crippen LogP contribution < -0.4 is 15.8 Å². The molecule has 0 aliphatic carbocycles. The molecule has 1 aromatic carbocycles. The number of aryl methyl sites for hydroxylation is 2. The maximum absolute atomic E-state index is 12.2. The molecule has 0 atom stereocenters. The van der Waals surface area contributed by atoms with Crippen LogP contribution in [0.25, 0.3) is 0 Å². The van der Waals surface area contributed by atoms with Crippen LogP contribution in [0.2, 0.25) is 0 Å². The summed E-state index contributed by atoms with van der Waals surface area (Å²) >= 11 is 1.51. The molecule has 0 spiro atoms. The van der Waals surface area contributed by atoms with Crippen molar-refractivity contribution in [1.82, 2.24) is 15.8 Å². The third-order valence-electron chi connectivity index (χ3n) is 4.10. The summed E-state index contributed by atoms with van der Waals surface area (Å²) < 4.78 is 5.33. The number of carbonyl (C=O) groups is 2. The molecule has 0 unspecified atom stereocenters. The van der Waals surface area contributed by atoms with Gasteiger partial charge in [0.1, 0.15) is 0 Å². The summed E-state index contributed by atoms with van der Waals surface area (Å²) in [6, 6.07) is 5.55. The zero-order valence-electron chi connectivity index (χ0n) is 14.9. The van der Waals surface area contributed by atoms with E-state index in [0.29, 0.717) is 24.5 Å². The fraction of sp³-hybridized carbons (Fsp3) is 0.389. The Morgan fingerprint density at radius 1 is 1.23 bits per heavy atom. The molecule has 0 radical (unpaired) electrons. The van der Waals surface area contributed by atoms with Crippen LogP contribution in [-0.4, -0.2) is 43.1 Å². The van der Waals surface area contributed by atoms with Crippen molar-refractivity contribution >= 4 is 28.3 Å². The highest BCUT2D eigenvalue weighted by atomic mass is 32.1. The van der Waals surface area contributed by atoms with Gasteiger partial charge in [0.05, 0.1) is 25.3 Å². The minimum atomic E-state index is -0.330. The van der Waals surface area contributed by atoms with E-state index in [-0.39, 0.29) is 18.2 Å². The lowest BCUT2D eigenvalue weighted by atomic mass is 10.1. The minimum Gasteiger partial charge on any atom is -0.378 e. The van der Waals surface area contributed by atoms with Gasteiger partial charge in [-0.1, -0.05) is 17.7 Å². The summed E-state index contributed by atoms with van der Waals surface area (Å²) in [5.74, 6) is -0.634. The monoisotopic (exact) mass is 374 g/mol. The van der Waals surface area contributed by atoms with E-state index in [4.69, 9.17) is 4.74 Å². The normalized spacial score (nSPS) is 14.2. The first-order valence-electron chi connectivity index (χ1n) is 8.46. The Hall–Kier alpha value is -2.45. The fourth-order valence-electron chi connectivity index (χ4n) is 2.75. The van der Waals surface area contributed by atoms with Crippen molar-refractivity contribution in [3.63, 3.8) is 0 Å². The van der Waals surface area contributed by atoms with Crippen LogP contribution in [0, 0.1) is 13.8 Å². The molecule has 2 heterocycles. The topological polar surface area (TPSA) is 83.6 Å². The van der Waals surface area contributed by atoms with Gasteiger partial charge in [-0.05, 0) is 25.5 Å². The molecule has 1 aliphatic heterocycles. The van der Waals surface area contributed by atoms with Crippen molar-refractivity contribution in [3.05, 3.63) is 46.0 Å². The van der Waals surface area contributed by atoms with Crippen molar-refractivity contribution in [2.75, 3.05) is 31.2 Å². The number of morpholine rings is 1. The Morgan fingerprint density at radius 2 is 2.00 bits per heavy atom. The summed E-state index contributed by atoms with van der Waals surface area (Å²) in [6.07, 6.45) is 0.119. The van der Waals surface area contributed by atoms with Crippen molar-refractivity contribution < 1.29 is 14.3 Å². The van der Waals surface area contributed by atoms with Gasteiger partial charge in [-0.2, -0.15) is 0 Å². The van der Waals surface area contributed by atoms with E-state index in [1.165, 1.54) is 11.3 Å². The Kier molecular flexibility index (Phi) is 5.85. The van der Waals surface area contributed by atoms with E-state index in [2.05, 4.69) is 20.7 Å². The molecule has 0 bridgehead atoms. The lowest BCUT2D eigenvalue weighted by molar-refractivity contribution is -0.121. The molecule has 1 fully saturated rings. The summed E-state index contributed by atoms with van der Waals surface area (Å²) in [5, 5.41) is 2.77. The number of anilines is 1. The van der Waals surface area contributed by atoms with Gasteiger partial charge in [0.15, 0.2) is 5.13 Å². The first-order chi connectivity index (χ1) is 12.5. The number of nitrogens with one attached hydrogen (secondary N) is 2. The second kappa shape index (κ2) is 8.29. The smallest absolute Gasteiger partial charge is 0.269 e. The Labute approximate surface area is 156 Å². The summed E-state index contributed by atoms with van der Waals surface area (Å²) in [7, 11) is 0. The number of thiazole rings is 1. The van der Waals surface area contributed by atoms with Gasteiger partial charge in [0.2, 0.25) is 5.91 Å². The van der Waals surface area contributed by atoms with E-state index in [9.17, 15) is 9.59 Å². The third-order valence-corrected chi connectivity index (χ3v) is 5.06. The number of hydrogen-bond donors (Lipinski definition) is 2. The molecule has 2 aromatic rings. The summed E-state index contributed by atoms with van der Waals surface area (Å²) in [5.41, 5.74) is 8.10. The number of ether oxygens (including phenoxy) is 1. The molecule has 3 rings (SSSR count). The minimum absolute atomic E-state index is 0.119. The van der Waals surface area contributed by atoms with E-state index < -0.39 is 0 Å². The molecule has 2 N–H and O–H groups in total. The predicted molar refractivity (Wildman–Crippen MR) is 100 cm³/mol. The first kappa shape index (κ1) is 18.3. The Morgan fingerprint density at radius 3 is 2.73 bits per heavy atom. The van der Waals surface area contributed by atoms with Gasteiger partial charge in [-0.15, -0.1) is 11.3 Å². The van der Waals surface area contributed by atoms with Gasteiger partial charge in [0, 0.05) is 24.0 Å². The lowest BCUT2D eigenvalue weighted by Crippen LogP contribution is -2.42. The van der Waals surface area contributed by atoms with E-state index >= 15 is 0 Å². The number of nitrogens with zero attached hydrogens (tertiary/aromatic N) is 2. The lowest BCUT2D eigenvalue weighted by Gasteiger charge is -2.26. The maximum Gasteiger partial charge on any atom is 0.269 e. The first-order valence-corrected chi connectivity index (χ1v) is 9.34. The van der Waals surface area contributed by atoms with Crippen LogP contribution in [-0.2, 0) is 16.0 Å². The number of hydrazine groups is 1. The van der Waals surface area contributed by atoms with Gasteiger partial charge in [-0.3, -0.25) is 20.4 Å². The quantitative estimate of drug-likeness (QED) is 0.795. The van der Waals surface area contributed by atoms with Crippen molar-refractivity contribution in [2.45, 2.75) is 20.3 Å². The average molecular weight is 374 g/mol. The number of rotatable bonds is 4. The molecule has 2 amide bonds. The highest BCUT2D eigenvalue weighted by molar-refractivity contribution is 7.13. The number of aromatic nitrogens is 1. The van der Waals surface area contributed by atoms with Gasteiger partial charge < -0.3 is 9.64 Å². The second-order valence-electron chi connectivity index (χ2n) is 6.22. The molecule has 1 saturated heterocycles. The van der Waals surface area contributed by atoms with Crippen LogP contribution in [0.5, 0.6) is 0 Å². The van der Waals surface area contributed by atoms with Crippen molar-refractivity contribution in [1.29, 1.82) is 0 Å². The van der Waals surface area contributed by atoms with E-state index in [1.807, 2.05) is 31.4 Å². The molecular weight excluding hydrogens is 352 g/mol. The molecule has 26 heavy (non-hydrogen) atoms. The van der Waals surface area contributed by atoms with Crippen LogP contribution in [0.1, 0.15) is 27.2 Å².